The van der Waals surface area contributed by atoms with E-state index in [9.17, 15) is 0 Å². The third-order valence-corrected chi connectivity index (χ3v) is 2.50. The van der Waals surface area contributed by atoms with E-state index in [2.05, 4.69) is 25.1 Å². The molecule has 13 heavy (non-hydrogen) atoms. The Morgan fingerprint density at radius 1 is 1.38 bits per heavy atom. The summed E-state index contributed by atoms with van der Waals surface area (Å²) in [6.07, 6.45) is 4.37. The summed E-state index contributed by atoms with van der Waals surface area (Å²) >= 11 is 0. The largest absolute Gasteiger partial charge is 0.493 e. The molecule has 1 aromatic rings. The van der Waals surface area contributed by atoms with E-state index in [0.717, 1.165) is 31.6 Å². The molecule has 0 atom stereocenters. The normalized spacial score (nSPS) is 14.8. The van der Waals surface area contributed by atoms with Gasteiger partial charge in [-0.15, -0.1) is 0 Å². The van der Waals surface area contributed by atoms with Gasteiger partial charge < -0.3 is 4.74 Å². The molecule has 1 radical (unpaired) electrons. The lowest BCUT2D eigenvalue weighted by Crippen LogP contribution is -2.10. The fraction of sp³-hybridized carbons (Fsp3) is 0.417. The van der Waals surface area contributed by atoms with Crippen molar-refractivity contribution in [3.8, 4) is 5.75 Å². The van der Waals surface area contributed by atoms with Gasteiger partial charge in [0.05, 0.1) is 6.61 Å². The first kappa shape index (κ1) is 8.61. The molecule has 0 saturated carbocycles. The van der Waals surface area contributed by atoms with Gasteiger partial charge in [0.1, 0.15) is 5.75 Å². The molecule has 69 valence electrons. The van der Waals surface area contributed by atoms with Gasteiger partial charge in [-0.25, -0.2) is 0 Å². The molecule has 0 bridgehead atoms. The first-order valence-corrected chi connectivity index (χ1v) is 4.94. The second-order valence-electron chi connectivity index (χ2n) is 3.45. The van der Waals surface area contributed by atoms with Crippen LogP contribution in [0.2, 0.25) is 0 Å². The van der Waals surface area contributed by atoms with E-state index in [1.807, 2.05) is 0 Å². The SMILES string of the molecule is [CH2]CCc1cccc2c1CCCO2. The fourth-order valence-corrected chi connectivity index (χ4v) is 1.89. The highest BCUT2D eigenvalue weighted by Gasteiger charge is 2.12. The molecule has 0 fully saturated rings. The lowest BCUT2D eigenvalue weighted by molar-refractivity contribution is 0.287. The second-order valence-corrected chi connectivity index (χ2v) is 3.45. The van der Waals surface area contributed by atoms with Crippen molar-refractivity contribution >= 4 is 0 Å². The van der Waals surface area contributed by atoms with Gasteiger partial charge in [0.15, 0.2) is 0 Å². The highest BCUT2D eigenvalue weighted by Crippen LogP contribution is 2.28. The number of hydrogen-bond acceptors (Lipinski definition) is 1. The van der Waals surface area contributed by atoms with Crippen LogP contribution < -0.4 is 4.74 Å². The van der Waals surface area contributed by atoms with Crippen molar-refractivity contribution < 1.29 is 4.74 Å². The Morgan fingerprint density at radius 3 is 3.15 bits per heavy atom. The van der Waals surface area contributed by atoms with E-state index < -0.39 is 0 Å². The molecule has 0 aliphatic carbocycles. The fourth-order valence-electron chi connectivity index (χ4n) is 1.89. The number of benzene rings is 1. The third kappa shape index (κ3) is 1.69. The van der Waals surface area contributed by atoms with Crippen molar-refractivity contribution in [1.82, 2.24) is 0 Å². The summed E-state index contributed by atoms with van der Waals surface area (Å²) in [4.78, 5) is 0. The first-order chi connectivity index (χ1) is 6.42. The molecule has 0 N–H and O–H groups in total. The summed E-state index contributed by atoms with van der Waals surface area (Å²) in [5.74, 6) is 1.09. The smallest absolute Gasteiger partial charge is 0.122 e. The highest BCUT2D eigenvalue weighted by atomic mass is 16.5. The van der Waals surface area contributed by atoms with Gasteiger partial charge in [0.25, 0.3) is 0 Å². The number of rotatable bonds is 2. The molecule has 1 heteroatoms. The second kappa shape index (κ2) is 3.82. The third-order valence-electron chi connectivity index (χ3n) is 2.50. The van der Waals surface area contributed by atoms with Crippen LogP contribution in [-0.4, -0.2) is 6.61 Å². The molecule has 0 spiro atoms. The first-order valence-electron chi connectivity index (χ1n) is 4.94. The van der Waals surface area contributed by atoms with Crippen molar-refractivity contribution in [3.05, 3.63) is 36.2 Å². The van der Waals surface area contributed by atoms with Gasteiger partial charge in [0.2, 0.25) is 0 Å². The van der Waals surface area contributed by atoms with Gasteiger partial charge in [-0.1, -0.05) is 19.1 Å². The summed E-state index contributed by atoms with van der Waals surface area (Å²) in [5, 5.41) is 0. The average Bonchev–Trinajstić information content (AvgIpc) is 2.19. The molecular weight excluding hydrogens is 160 g/mol. The molecule has 1 aliphatic rings. The summed E-state index contributed by atoms with van der Waals surface area (Å²) in [6, 6.07) is 6.34. The van der Waals surface area contributed by atoms with Crippen LogP contribution in [0.1, 0.15) is 24.0 Å². The number of ether oxygens (including phenoxy) is 1. The summed E-state index contributed by atoms with van der Waals surface area (Å²) in [7, 11) is 0. The Hall–Kier alpha value is -0.980. The van der Waals surface area contributed by atoms with Crippen molar-refractivity contribution in [2.45, 2.75) is 25.7 Å². The summed E-state index contributed by atoms with van der Waals surface area (Å²) in [5.41, 5.74) is 2.84. The molecule has 1 aliphatic heterocycles. The highest BCUT2D eigenvalue weighted by molar-refractivity contribution is 5.41. The Balaban J connectivity index is 2.34. The number of aryl methyl sites for hydroxylation is 1. The van der Waals surface area contributed by atoms with Crippen molar-refractivity contribution in [2.24, 2.45) is 0 Å². The molecule has 2 rings (SSSR count). The molecular formula is C12H15O. The van der Waals surface area contributed by atoms with Crippen molar-refractivity contribution in [3.63, 3.8) is 0 Å². The summed E-state index contributed by atoms with van der Waals surface area (Å²) in [6.45, 7) is 4.76. The van der Waals surface area contributed by atoms with E-state index in [-0.39, 0.29) is 0 Å². The van der Waals surface area contributed by atoms with E-state index in [4.69, 9.17) is 4.74 Å². The van der Waals surface area contributed by atoms with Crippen LogP contribution in [0.4, 0.5) is 0 Å². The Kier molecular flexibility index (Phi) is 2.53. The van der Waals surface area contributed by atoms with Crippen LogP contribution in [0.15, 0.2) is 18.2 Å². The average molecular weight is 175 g/mol. The lowest BCUT2D eigenvalue weighted by Gasteiger charge is -2.19. The maximum absolute atomic E-state index is 5.59. The Morgan fingerprint density at radius 2 is 2.31 bits per heavy atom. The van der Waals surface area contributed by atoms with Gasteiger partial charge in [-0.05, 0) is 42.9 Å². The van der Waals surface area contributed by atoms with Crippen LogP contribution in [0.25, 0.3) is 0 Å². The molecule has 0 saturated heterocycles. The van der Waals surface area contributed by atoms with Crippen LogP contribution in [0.3, 0.4) is 0 Å². The maximum atomic E-state index is 5.59. The van der Waals surface area contributed by atoms with E-state index in [1.54, 1.807) is 0 Å². The molecule has 0 amide bonds. The molecule has 0 aromatic heterocycles. The van der Waals surface area contributed by atoms with Crippen LogP contribution in [-0.2, 0) is 12.8 Å². The van der Waals surface area contributed by atoms with E-state index >= 15 is 0 Å². The minimum atomic E-state index is 0.876. The van der Waals surface area contributed by atoms with Crippen molar-refractivity contribution in [1.29, 1.82) is 0 Å². The predicted octanol–water partition coefficient (Wildman–Crippen LogP) is 2.78. The summed E-state index contributed by atoms with van der Waals surface area (Å²) < 4.78 is 5.59. The van der Waals surface area contributed by atoms with Crippen LogP contribution in [0, 0.1) is 6.92 Å². The van der Waals surface area contributed by atoms with Crippen molar-refractivity contribution in [2.75, 3.05) is 6.61 Å². The topological polar surface area (TPSA) is 9.23 Å². The van der Waals surface area contributed by atoms with Gasteiger partial charge >= 0.3 is 0 Å². The molecule has 0 unspecified atom stereocenters. The molecule has 1 heterocycles. The number of hydrogen-bond donors (Lipinski definition) is 0. The van der Waals surface area contributed by atoms with E-state index in [0.29, 0.717) is 0 Å². The maximum Gasteiger partial charge on any atom is 0.122 e. The van der Waals surface area contributed by atoms with Gasteiger partial charge in [0, 0.05) is 0 Å². The zero-order valence-electron chi connectivity index (χ0n) is 7.88. The standard InChI is InChI=1S/C12H15O/c1-2-5-10-6-3-8-12-11(10)7-4-9-13-12/h3,6,8H,1-2,4-5,7,9H2. The molecule has 1 aromatic carbocycles. The minimum Gasteiger partial charge on any atom is -0.493 e. The zero-order chi connectivity index (χ0) is 9.10. The van der Waals surface area contributed by atoms with E-state index in [1.165, 1.54) is 17.5 Å². The lowest BCUT2D eigenvalue weighted by atomic mass is 9.97. The number of fused-ring (bicyclic) bond motifs is 1. The molecule has 1 nitrogen and oxygen atoms in total. The predicted molar refractivity (Wildman–Crippen MR) is 53.9 cm³/mol. The van der Waals surface area contributed by atoms with Gasteiger partial charge in [-0.3, -0.25) is 0 Å². The van der Waals surface area contributed by atoms with Crippen LogP contribution >= 0.6 is 0 Å². The minimum absolute atomic E-state index is 0.876. The van der Waals surface area contributed by atoms with Gasteiger partial charge in [-0.2, -0.15) is 0 Å². The van der Waals surface area contributed by atoms with Crippen LogP contribution in [0.5, 0.6) is 5.75 Å². The Bertz CT molecular complexity index is 291. The quantitative estimate of drug-likeness (QED) is 0.671. The Labute approximate surface area is 79.7 Å². The monoisotopic (exact) mass is 175 g/mol. The zero-order valence-corrected chi connectivity index (χ0v) is 7.88.